The molecule has 2 aromatic rings. The fourth-order valence-electron chi connectivity index (χ4n) is 2.27. The highest BCUT2D eigenvalue weighted by Crippen LogP contribution is 2.25. The van der Waals surface area contributed by atoms with Crippen LogP contribution in [0.4, 0.5) is 0 Å². The summed E-state index contributed by atoms with van der Waals surface area (Å²) < 4.78 is 1.62. The normalized spacial score (nSPS) is 10.7. The fraction of sp³-hybridized carbons (Fsp3) is 0.267. The van der Waals surface area contributed by atoms with Crippen LogP contribution in [-0.4, -0.2) is 4.57 Å². The van der Waals surface area contributed by atoms with Crippen LogP contribution in [0.25, 0.3) is 11.1 Å². The predicted molar refractivity (Wildman–Crippen MR) is 74.5 cm³/mol. The number of rotatable bonds is 2. The van der Waals surface area contributed by atoms with Gasteiger partial charge in [0.15, 0.2) is 0 Å². The number of hydrogen-bond acceptors (Lipinski definition) is 2. The molecule has 1 aromatic heterocycles. The van der Waals surface area contributed by atoms with Gasteiger partial charge < -0.3 is 10.3 Å². The van der Waals surface area contributed by atoms with E-state index < -0.39 is 0 Å². The SMILES string of the molecule is Cc1cccc(-c2cc(C)c(=O)n(C)c2)c1CN. The number of nitrogens with two attached hydrogens (primary N) is 1. The molecule has 0 saturated heterocycles. The van der Waals surface area contributed by atoms with Crippen molar-refractivity contribution in [1.82, 2.24) is 4.57 Å². The van der Waals surface area contributed by atoms with Crippen molar-refractivity contribution in [2.24, 2.45) is 12.8 Å². The molecule has 0 saturated carbocycles. The van der Waals surface area contributed by atoms with E-state index in [0.717, 1.165) is 22.3 Å². The topological polar surface area (TPSA) is 48.0 Å². The number of pyridine rings is 1. The van der Waals surface area contributed by atoms with Gasteiger partial charge >= 0.3 is 0 Å². The molecule has 0 radical (unpaired) electrons. The average molecular weight is 242 g/mol. The van der Waals surface area contributed by atoms with E-state index in [0.29, 0.717) is 6.54 Å². The molecule has 0 aliphatic heterocycles. The second kappa shape index (κ2) is 4.78. The zero-order chi connectivity index (χ0) is 13.3. The van der Waals surface area contributed by atoms with Crippen molar-refractivity contribution in [2.45, 2.75) is 20.4 Å². The fourth-order valence-corrected chi connectivity index (χ4v) is 2.27. The summed E-state index contributed by atoms with van der Waals surface area (Å²) in [6, 6.07) is 8.05. The summed E-state index contributed by atoms with van der Waals surface area (Å²) >= 11 is 0. The molecule has 0 spiro atoms. The molecule has 2 rings (SSSR count). The first-order valence-corrected chi connectivity index (χ1v) is 6.00. The molecule has 0 amide bonds. The van der Waals surface area contributed by atoms with Gasteiger partial charge in [0.2, 0.25) is 0 Å². The van der Waals surface area contributed by atoms with Gasteiger partial charge in [-0.1, -0.05) is 18.2 Å². The van der Waals surface area contributed by atoms with Crippen molar-refractivity contribution >= 4 is 0 Å². The van der Waals surface area contributed by atoms with Gasteiger partial charge in [-0.15, -0.1) is 0 Å². The highest BCUT2D eigenvalue weighted by atomic mass is 16.1. The second-order valence-electron chi connectivity index (χ2n) is 4.63. The van der Waals surface area contributed by atoms with Crippen molar-refractivity contribution in [3.05, 3.63) is 57.5 Å². The van der Waals surface area contributed by atoms with E-state index in [2.05, 4.69) is 19.1 Å². The van der Waals surface area contributed by atoms with E-state index in [-0.39, 0.29) is 5.56 Å². The van der Waals surface area contributed by atoms with E-state index in [9.17, 15) is 4.79 Å². The van der Waals surface area contributed by atoms with Crippen LogP contribution in [-0.2, 0) is 13.6 Å². The van der Waals surface area contributed by atoms with Gasteiger partial charge in [-0.05, 0) is 42.2 Å². The molecule has 2 N–H and O–H groups in total. The Morgan fingerprint density at radius 3 is 2.56 bits per heavy atom. The molecule has 0 atom stereocenters. The minimum absolute atomic E-state index is 0.0423. The van der Waals surface area contributed by atoms with Crippen LogP contribution in [0, 0.1) is 13.8 Å². The largest absolute Gasteiger partial charge is 0.326 e. The van der Waals surface area contributed by atoms with Crippen molar-refractivity contribution in [2.75, 3.05) is 0 Å². The first-order valence-electron chi connectivity index (χ1n) is 6.00. The molecular formula is C15H18N2O. The highest BCUT2D eigenvalue weighted by molar-refractivity contribution is 5.68. The molecule has 0 aliphatic rings. The first-order chi connectivity index (χ1) is 8.54. The van der Waals surface area contributed by atoms with Gasteiger partial charge in [0.05, 0.1) is 0 Å². The standard InChI is InChI=1S/C15H18N2O/c1-10-5-4-6-13(14(10)8-16)12-7-11(2)15(18)17(3)9-12/h4-7,9H,8,16H2,1-3H3. The van der Waals surface area contributed by atoms with Gasteiger partial charge in [0.1, 0.15) is 0 Å². The Kier molecular flexibility index (Phi) is 3.34. The second-order valence-corrected chi connectivity index (χ2v) is 4.63. The van der Waals surface area contributed by atoms with Crippen LogP contribution in [0.5, 0.6) is 0 Å². The maximum Gasteiger partial charge on any atom is 0.253 e. The van der Waals surface area contributed by atoms with E-state index in [1.807, 2.05) is 25.3 Å². The zero-order valence-corrected chi connectivity index (χ0v) is 11.0. The Morgan fingerprint density at radius 2 is 1.94 bits per heavy atom. The number of nitrogens with zero attached hydrogens (tertiary/aromatic N) is 1. The zero-order valence-electron chi connectivity index (χ0n) is 11.0. The van der Waals surface area contributed by atoms with E-state index >= 15 is 0 Å². The van der Waals surface area contributed by atoms with Crippen LogP contribution < -0.4 is 11.3 Å². The van der Waals surface area contributed by atoms with Gasteiger partial charge in [0.25, 0.3) is 5.56 Å². The smallest absolute Gasteiger partial charge is 0.253 e. The number of hydrogen-bond donors (Lipinski definition) is 1. The third-order valence-electron chi connectivity index (χ3n) is 3.29. The lowest BCUT2D eigenvalue weighted by molar-refractivity contribution is 0.850. The predicted octanol–water partition coefficient (Wildman–Crippen LogP) is 2.13. The lowest BCUT2D eigenvalue weighted by Crippen LogP contribution is -2.18. The minimum atomic E-state index is 0.0423. The van der Waals surface area contributed by atoms with Gasteiger partial charge in [-0.3, -0.25) is 4.79 Å². The summed E-state index contributed by atoms with van der Waals surface area (Å²) in [5, 5.41) is 0. The molecule has 18 heavy (non-hydrogen) atoms. The number of aryl methyl sites for hydroxylation is 3. The Morgan fingerprint density at radius 1 is 1.22 bits per heavy atom. The van der Waals surface area contributed by atoms with Crippen molar-refractivity contribution in [3.63, 3.8) is 0 Å². The number of benzene rings is 1. The molecule has 0 unspecified atom stereocenters. The Balaban J connectivity index is 2.70. The average Bonchev–Trinajstić information content (AvgIpc) is 2.35. The Bertz CT molecular complexity index is 615. The van der Waals surface area contributed by atoms with Crippen LogP contribution >= 0.6 is 0 Å². The summed E-state index contributed by atoms with van der Waals surface area (Å²) in [4.78, 5) is 11.7. The third-order valence-corrected chi connectivity index (χ3v) is 3.29. The maximum absolute atomic E-state index is 11.7. The van der Waals surface area contributed by atoms with Crippen molar-refractivity contribution < 1.29 is 0 Å². The monoisotopic (exact) mass is 242 g/mol. The summed E-state index contributed by atoms with van der Waals surface area (Å²) in [7, 11) is 1.77. The molecule has 0 aliphatic carbocycles. The van der Waals surface area contributed by atoms with Gasteiger partial charge in [0, 0.05) is 25.4 Å². The van der Waals surface area contributed by atoms with Gasteiger partial charge in [-0.25, -0.2) is 0 Å². The minimum Gasteiger partial charge on any atom is -0.326 e. The van der Waals surface area contributed by atoms with Crippen molar-refractivity contribution in [1.29, 1.82) is 0 Å². The lowest BCUT2D eigenvalue weighted by Gasteiger charge is -2.12. The Labute approximate surface area is 107 Å². The lowest BCUT2D eigenvalue weighted by atomic mass is 9.96. The molecule has 3 nitrogen and oxygen atoms in total. The highest BCUT2D eigenvalue weighted by Gasteiger charge is 2.08. The summed E-state index contributed by atoms with van der Waals surface area (Å²) in [6.45, 7) is 4.40. The quantitative estimate of drug-likeness (QED) is 0.877. The van der Waals surface area contributed by atoms with Crippen LogP contribution in [0.1, 0.15) is 16.7 Å². The van der Waals surface area contributed by atoms with E-state index in [4.69, 9.17) is 5.73 Å². The molecule has 1 aromatic carbocycles. The Hall–Kier alpha value is -1.87. The van der Waals surface area contributed by atoms with Crippen LogP contribution in [0.2, 0.25) is 0 Å². The molecule has 1 heterocycles. The van der Waals surface area contributed by atoms with Crippen molar-refractivity contribution in [3.8, 4) is 11.1 Å². The first kappa shape index (κ1) is 12.6. The number of aromatic nitrogens is 1. The van der Waals surface area contributed by atoms with Gasteiger partial charge in [-0.2, -0.15) is 0 Å². The molecule has 0 fully saturated rings. The summed E-state index contributed by atoms with van der Waals surface area (Å²) in [5.74, 6) is 0. The van der Waals surface area contributed by atoms with E-state index in [1.54, 1.807) is 11.6 Å². The van der Waals surface area contributed by atoms with E-state index in [1.165, 1.54) is 5.56 Å². The molecule has 94 valence electrons. The van der Waals surface area contributed by atoms with Crippen LogP contribution in [0.15, 0.2) is 35.3 Å². The summed E-state index contributed by atoms with van der Waals surface area (Å²) in [6.07, 6.45) is 1.86. The summed E-state index contributed by atoms with van der Waals surface area (Å²) in [5.41, 5.74) is 11.1. The van der Waals surface area contributed by atoms with Crippen LogP contribution in [0.3, 0.4) is 0 Å². The third kappa shape index (κ3) is 2.09. The molecule has 0 bridgehead atoms. The maximum atomic E-state index is 11.7. The molecule has 3 heteroatoms. The molecular weight excluding hydrogens is 224 g/mol.